The molecular weight excluding hydrogens is 296 g/mol. The smallest absolute Gasteiger partial charge is 0.268 e. The number of fused-ring (bicyclic) bond motifs is 1. The van der Waals surface area contributed by atoms with Crippen molar-refractivity contribution in [3.63, 3.8) is 0 Å². The van der Waals surface area contributed by atoms with Crippen LogP contribution in [-0.2, 0) is 0 Å². The van der Waals surface area contributed by atoms with Crippen molar-refractivity contribution >= 4 is 28.4 Å². The molecule has 2 N–H and O–H groups in total. The Labute approximate surface area is 133 Å². The number of H-pyrrole nitrogens is 1. The molecule has 1 aromatic carbocycles. The van der Waals surface area contributed by atoms with Crippen molar-refractivity contribution in [3.05, 3.63) is 46.4 Å². The van der Waals surface area contributed by atoms with Crippen LogP contribution >= 0.6 is 11.8 Å². The summed E-state index contributed by atoms with van der Waals surface area (Å²) in [5, 5.41) is 4.96. The zero-order valence-corrected chi connectivity index (χ0v) is 13.4. The number of amides is 1. The van der Waals surface area contributed by atoms with E-state index in [4.69, 9.17) is 0 Å². The molecular formula is C17H20N2O2S. The zero-order chi connectivity index (χ0) is 15.5. The summed E-state index contributed by atoms with van der Waals surface area (Å²) in [6.45, 7) is 0. The second-order valence-electron chi connectivity index (χ2n) is 5.74. The van der Waals surface area contributed by atoms with E-state index in [0.29, 0.717) is 16.3 Å². The highest BCUT2D eigenvalue weighted by Crippen LogP contribution is 2.27. The molecule has 22 heavy (non-hydrogen) atoms. The van der Waals surface area contributed by atoms with Crippen molar-refractivity contribution in [3.8, 4) is 0 Å². The molecule has 1 saturated carbocycles. The van der Waals surface area contributed by atoms with E-state index in [1.807, 2.05) is 30.0 Å². The first-order chi connectivity index (χ1) is 10.7. The molecule has 0 radical (unpaired) electrons. The highest BCUT2D eigenvalue weighted by molar-refractivity contribution is 7.99. The van der Waals surface area contributed by atoms with E-state index in [0.717, 1.165) is 24.6 Å². The van der Waals surface area contributed by atoms with Gasteiger partial charge in [0, 0.05) is 16.7 Å². The van der Waals surface area contributed by atoms with E-state index in [1.54, 1.807) is 12.1 Å². The van der Waals surface area contributed by atoms with Crippen LogP contribution in [0, 0.1) is 0 Å². The summed E-state index contributed by atoms with van der Waals surface area (Å²) in [7, 11) is 0. The summed E-state index contributed by atoms with van der Waals surface area (Å²) < 4.78 is 0. The van der Waals surface area contributed by atoms with Gasteiger partial charge in [-0.2, -0.15) is 11.8 Å². The van der Waals surface area contributed by atoms with Gasteiger partial charge in [0.25, 0.3) is 11.5 Å². The lowest BCUT2D eigenvalue weighted by Gasteiger charge is -2.30. The van der Waals surface area contributed by atoms with Crippen molar-refractivity contribution in [2.45, 2.75) is 37.0 Å². The average Bonchev–Trinajstić information content (AvgIpc) is 2.55. The Morgan fingerprint density at radius 2 is 2.05 bits per heavy atom. The predicted octanol–water partition coefficient (Wildman–Crippen LogP) is 2.93. The highest BCUT2D eigenvalue weighted by Gasteiger charge is 2.26. The molecule has 1 aromatic heterocycles. The molecule has 0 aliphatic heterocycles. The van der Waals surface area contributed by atoms with E-state index in [9.17, 15) is 9.59 Å². The van der Waals surface area contributed by atoms with Crippen LogP contribution in [0.4, 0.5) is 0 Å². The van der Waals surface area contributed by atoms with Crippen LogP contribution in [0.3, 0.4) is 0 Å². The van der Waals surface area contributed by atoms with Gasteiger partial charge in [-0.25, -0.2) is 0 Å². The summed E-state index contributed by atoms with van der Waals surface area (Å²) in [6, 6.07) is 9.25. The molecule has 0 unspecified atom stereocenters. The lowest BCUT2D eigenvalue weighted by molar-refractivity contribution is 0.0924. The first kappa shape index (κ1) is 15.2. The largest absolute Gasteiger partial charge is 0.347 e. The molecule has 0 spiro atoms. The van der Waals surface area contributed by atoms with Crippen LogP contribution < -0.4 is 10.9 Å². The number of hydrogen-bond acceptors (Lipinski definition) is 3. The first-order valence-electron chi connectivity index (χ1n) is 7.65. The van der Waals surface area contributed by atoms with Gasteiger partial charge < -0.3 is 10.3 Å². The summed E-state index contributed by atoms with van der Waals surface area (Å²) in [5.74, 6) is -0.186. The second-order valence-corrected chi connectivity index (χ2v) is 6.81. The maximum absolute atomic E-state index is 12.5. The minimum absolute atomic E-state index is 0.186. The molecule has 4 nitrogen and oxygen atoms in total. The average molecular weight is 316 g/mol. The third-order valence-corrected chi connectivity index (χ3v) is 5.49. The van der Waals surface area contributed by atoms with E-state index in [1.165, 1.54) is 6.42 Å². The van der Waals surface area contributed by atoms with Crippen LogP contribution in [0.25, 0.3) is 10.8 Å². The van der Waals surface area contributed by atoms with Crippen molar-refractivity contribution in [1.82, 2.24) is 10.3 Å². The van der Waals surface area contributed by atoms with Crippen molar-refractivity contribution in [2.75, 3.05) is 6.26 Å². The Bertz CT molecular complexity index is 741. The number of carbonyl (C=O) groups excluding carboxylic acids is 1. The van der Waals surface area contributed by atoms with Gasteiger partial charge in [-0.1, -0.05) is 31.0 Å². The third kappa shape index (κ3) is 3.04. The molecule has 2 atom stereocenters. The molecule has 2 aromatic rings. The fourth-order valence-corrected chi connectivity index (χ4v) is 4.06. The van der Waals surface area contributed by atoms with Gasteiger partial charge in [0.2, 0.25) is 0 Å². The molecule has 1 amide bonds. The van der Waals surface area contributed by atoms with E-state index >= 15 is 0 Å². The minimum Gasteiger partial charge on any atom is -0.347 e. The number of aromatic amines is 1. The van der Waals surface area contributed by atoms with Gasteiger partial charge in [-0.3, -0.25) is 9.59 Å². The highest BCUT2D eigenvalue weighted by atomic mass is 32.2. The zero-order valence-electron chi connectivity index (χ0n) is 12.6. The number of aromatic nitrogens is 1. The summed E-state index contributed by atoms with van der Waals surface area (Å²) in [5.41, 5.74) is 0.127. The Kier molecular flexibility index (Phi) is 4.52. The predicted molar refractivity (Wildman–Crippen MR) is 91.6 cm³/mol. The van der Waals surface area contributed by atoms with Crippen LogP contribution in [0.15, 0.2) is 35.1 Å². The van der Waals surface area contributed by atoms with Gasteiger partial charge in [0.05, 0.1) is 0 Å². The fourth-order valence-electron chi connectivity index (χ4n) is 3.12. The molecule has 3 rings (SSSR count). The number of pyridine rings is 1. The number of nitrogens with one attached hydrogen (secondary N) is 2. The standard InChI is InChI=1S/C17H20N2O2S/c1-22-15-9-5-4-8-13(15)18-17(21)14-10-11-6-2-3-7-12(11)16(20)19-14/h2-3,6-7,10,13,15H,4-5,8-9H2,1H3,(H,18,21)(H,19,20)/t13-,15+/m1/s1. The van der Waals surface area contributed by atoms with Gasteiger partial charge in [0.15, 0.2) is 0 Å². The maximum atomic E-state index is 12.5. The maximum Gasteiger partial charge on any atom is 0.268 e. The lowest BCUT2D eigenvalue weighted by atomic mass is 9.94. The van der Waals surface area contributed by atoms with Crippen LogP contribution in [-0.4, -0.2) is 28.4 Å². The number of rotatable bonds is 3. The Balaban J connectivity index is 1.84. The quantitative estimate of drug-likeness (QED) is 0.915. The van der Waals surface area contributed by atoms with E-state index < -0.39 is 0 Å². The van der Waals surface area contributed by atoms with Gasteiger partial charge in [-0.15, -0.1) is 0 Å². The molecule has 1 fully saturated rings. The summed E-state index contributed by atoms with van der Waals surface area (Å²) >= 11 is 1.81. The SMILES string of the molecule is CS[C@H]1CCCC[C@H]1NC(=O)c1cc2ccccc2c(=O)[nH]1. The van der Waals surface area contributed by atoms with E-state index in [-0.39, 0.29) is 17.5 Å². The van der Waals surface area contributed by atoms with Crippen molar-refractivity contribution < 1.29 is 4.79 Å². The fraction of sp³-hybridized carbons (Fsp3) is 0.412. The normalized spacial score (nSPS) is 21.7. The monoisotopic (exact) mass is 316 g/mol. The second kappa shape index (κ2) is 6.57. The third-order valence-electron chi connectivity index (χ3n) is 4.32. The molecule has 116 valence electrons. The van der Waals surface area contributed by atoms with Crippen LogP contribution in [0.1, 0.15) is 36.2 Å². The summed E-state index contributed by atoms with van der Waals surface area (Å²) in [6.07, 6.45) is 6.61. The Morgan fingerprint density at radius 1 is 1.27 bits per heavy atom. The molecule has 0 saturated heterocycles. The summed E-state index contributed by atoms with van der Waals surface area (Å²) in [4.78, 5) is 27.3. The number of benzene rings is 1. The van der Waals surface area contributed by atoms with Gasteiger partial charge >= 0.3 is 0 Å². The van der Waals surface area contributed by atoms with Crippen molar-refractivity contribution in [2.24, 2.45) is 0 Å². The number of thioether (sulfide) groups is 1. The minimum atomic E-state index is -0.215. The van der Waals surface area contributed by atoms with Gasteiger partial charge in [0.1, 0.15) is 5.69 Å². The van der Waals surface area contributed by atoms with Crippen LogP contribution in [0.5, 0.6) is 0 Å². The Hall–Kier alpha value is -1.75. The molecule has 1 heterocycles. The number of hydrogen-bond donors (Lipinski definition) is 2. The first-order valence-corrected chi connectivity index (χ1v) is 8.93. The van der Waals surface area contributed by atoms with Crippen molar-refractivity contribution in [1.29, 1.82) is 0 Å². The molecule has 5 heteroatoms. The Morgan fingerprint density at radius 3 is 2.86 bits per heavy atom. The number of carbonyl (C=O) groups is 1. The topological polar surface area (TPSA) is 62.0 Å². The molecule has 0 bridgehead atoms. The lowest BCUT2D eigenvalue weighted by Crippen LogP contribution is -2.44. The van der Waals surface area contributed by atoms with Crippen LogP contribution in [0.2, 0.25) is 0 Å². The van der Waals surface area contributed by atoms with E-state index in [2.05, 4.69) is 16.6 Å². The molecule has 1 aliphatic carbocycles. The molecule has 1 aliphatic rings. The van der Waals surface area contributed by atoms with Gasteiger partial charge in [-0.05, 0) is 36.6 Å².